The number of rotatable bonds is 4. The van der Waals surface area contributed by atoms with Crippen LogP contribution in [0.2, 0.25) is 0 Å². The van der Waals surface area contributed by atoms with E-state index in [4.69, 9.17) is 0 Å². The maximum absolute atomic E-state index is 13.2. The Labute approximate surface area is 110 Å². The summed E-state index contributed by atoms with van der Waals surface area (Å²) in [5.74, 6) is 0.184. The minimum absolute atomic E-state index is 0.0156. The molecule has 0 radical (unpaired) electrons. The van der Waals surface area contributed by atoms with Crippen molar-refractivity contribution in [3.8, 4) is 11.1 Å². The normalized spacial score (nSPS) is 10.3. The van der Waals surface area contributed by atoms with E-state index in [1.807, 2.05) is 0 Å². The summed E-state index contributed by atoms with van der Waals surface area (Å²) in [4.78, 5) is 19.0. The molecule has 0 saturated carbocycles. The summed E-state index contributed by atoms with van der Waals surface area (Å²) in [7, 11) is 0. The molecule has 0 saturated heterocycles. The van der Waals surface area contributed by atoms with E-state index in [0.717, 1.165) is 11.1 Å². The predicted octanol–water partition coefficient (Wildman–Crippen LogP) is 2.59. The van der Waals surface area contributed by atoms with Gasteiger partial charge in [-0.05, 0) is 37.1 Å². The van der Waals surface area contributed by atoms with Gasteiger partial charge < -0.3 is 5.32 Å². The molecular weight excluding hydrogens is 245 g/mol. The molecule has 0 aliphatic carbocycles. The lowest BCUT2D eigenvalue weighted by Gasteiger charge is -2.05. The van der Waals surface area contributed by atoms with Gasteiger partial charge in [-0.1, -0.05) is 6.07 Å². The van der Waals surface area contributed by atoms with E-state index in [0.29, 0.717) is 11.5 Å². The van der Waals surface area contributed by atoms with Crippen LogP contribution in [0.3, 0.4) is 0 Å². The second-order valence-corrected chi connectivity index (χ2v) is 4.31. The van der Waals surface area contributed by atoms with Crippen LogP contribution in [0, 0.1) is 12.7 Å². The summed E-state index contributed by atoms with van der Waals surface area (Å²) in [6.45, 7) is 3.40. The lowest BCUT2D eigenvalue weighted by molar-refractivity contribution is -0.115. The minimum Gasteiger partial charge on any atom is -0.347 e. The van der Waals surface area contributed by atoms with Gasteiger partial charge in [0, 0.05) is 18.0 Å². The summed E-state index contributed by atoms with van der Waals surface area (Å²) >= 11 is 0. The second kappa shape index (κ2) is 5.56. The molecule has 1 aromatic carbocycles. The van der Waals surface area contributed by atoms with Gasteiger partial charge in [0.1, 0.15) is 11.6 Å². The van der Waals surface area contributed by atoms with Crippen molar-refractivity contribution in [1.82, 2.24) is 9.97 Å². The van der Waals surface area contributed by atoms with Gasteiger partial charge in [0.05, 0.1) is 6.54 Å². The van der Waals surface area contributed by atoms with Crippen LogP contribution in [0.25, 0.3) is 11.1 Å². The first-order chi connectivity index (χ1) is 9.06. The van der Waals surface area contributed by atoms with E-state index in [1.165, 1.54) is 13.0 Å². The molecule has 1 heterocycles. The molecule has 2 rings (SSSR count). The van der Waals surface area contributed by atoms with Crippen LogP contribution >= 0.6 is 0 Å². The third-order valence-electron chi connectivity index (χ3n) is 2.64. The third-order valence-corrected chi connectivity index (χ3v) is 2.64. The smallest absolute Gasteiger partial charge is 0.222 e. The van der Waals surface area contributed by atoms with Gasteiger partial charge in [-0.25, -0.2) is 14.4 Å². The zero-order valence-electron chi connectivity index (χ0n) is 10.8. The van der Waals surface area contributed by atoms with Crippen LogP contribution in [0.4, 0.5) is 10.3 Å². The minimum atomic E-state index is -0.232. The first kappa shape index (κ1) is 13.1. The molecule has 0 unspecified atom stereocenters. The van der Waals surface area contributed by atoms with E-state index in [1.54, 1.807) is 31.5 Å². The summed E-state index contributed by atoms with van der Waals surface area (Å²) in [6, 6.07) is 4.85. The molecule has 0 aliphatic rings. The van der Waals surface area contributed by atoms with Gasteiger partial charge in [-0.3, -0.25) is 4.79 Å². The highest BCUT2D eigenvalue weighted by molar-refractivity contribution is 5.79. The van der Waals surface area contributed by atoms with Crippen LogP contribution in [0.15, 0.2) is 30.6 Å². The Hall–Kier alpha value is -2.30. The van der Waals surface area contributed by atoms with Crippen molar-refractivity contribution in [3.63, 3.8) is 0 Å². The Kier molecular flexibility index (Phi) is 3.85. The Morgan fingerprint density at radius 3 is 2.53 bits per heavy atom. The van der Waals surface area contributed by atoms with E-state index >= 15 is 0 Å². The van der Waals surface area contributed by atoms with Crippen LogP contribution < -0.4 is 5.32 Å². The lowest BCUT2D eigenvalue weighted by Crippen LogP contribution is -2.11. The molecule has 0 atom stereocenters. The van der Waals surface area contributed by atoms with Gasteiger partial charge in [-0.15, -0.1) is 0 Å². The van der Waals surface area contributed by atoms with Crippen molar-refractivity contribution in [2.24, 2.45) is 0 Å². The highest BCUT2D eigenvalue weighted by Crippen LogP contribution is 2.20. The summed E-state index contributed by atoms with van der Waals surface area (Å²) in [6.07, 6.45) is 3.28. The standard InChI is InChI=1S/C14H14FN3O/c1-9-5-11(3-4-13(9)15)12-7-17-14(18-8-12)16-6-10(2)19/h3-5,7-8H,6H2,1-2H3,(H,16,17,18). The van der Waals surface area contributed by atoms with Crippen molar-refractivity contribution in [2.75, 3.05) is 11.9 Å². The number of Topliss-reactive ketones (excluding diaryl/α,β-unsaturated/α-hetero) is 1. The van der Waals surface area contributed by atoms with Gasteiger partial charge in [0.2, 0.25) is 5.95 Å². The number of benzene rings is 1. The van der Waals surface area contributed by atoms with Crippen LogP contribution in [-0.4, -0.2) is 22.3 Å². The summed E-state index contributed by atoms with van der Waals surface area (Å²) in [5, 5.41) is 2.81. The molecule has 5 heteroatoms. The number of ketones is 1. The highest BCUT2D eigenvalue weighted by atomic mass is 19.1. The molecule has 0 aliphatic heterocycles. The van der Waals surface area contributed by atoms with Crippen molar-refractivity contribution in [2.45, 2.75) is 13.8 Å². The molecule has 4 nitrogen and oxygen atoms in total. The van der Waals surface area contributed by atoms with Gasteiger partial charge in [-0.2, -0.15) is 0 Å². The molecular formula is C14H14FN3O. The SMILES string of the molecule is CC(=O)CNc1ncc(-c2ccc(F)c(C)c2)cn1. The summed E-state index contributed by atoms with van der Waals surface area (Å²) in [5.41, 5.74) is 2.24. The highest BCUT2D eigenvalue weighted by Gasteiger charge is 2.03. The fourth-order valence-electron chi connectivity index (χ4n) is 1.60. The number of carbonyl (C=O) groups excluding carboxylic acids is 1. The molecule has 1 aromatic heterocycles. The molecule has 98 valence electrons. The van der Waals surface area contributed by atoms with Crippen LogP contribution in [0.1, 0.15) is 12.5 Å². The average Bonchev–Trinajstić information content (AvgIpc) is 2.40. The van der Waals surface area contributed by atoms with Gasteiger partial charge in [0.15, 0.2) is 0 Å². The lowest BCUT2D eigenvalue weighted by atomic mass is 10.1. The van der Waals surface area contributed by atoms with Crippen LogP contribution in [-0.2, 0) is 4.79 Å². The fourth-order valence-corrected chi connectivity index (χ4v) is 1.60. The number of aryl methyl sites for hydroxylation is 1. The maximum Gasteiger partial charge on any atom is 0.222 e. The van der Waals surface area contributed by atoms with E-state index < -0.39 is 0 Å². The fraction of sp³-hybridized carbons (Fsp3) is 0.214. The topological polar surface area (TPSA) is 54.9 Å². The maximum atomic E-state index is 13.2. The molecule has 19 heavy (non-hydrogen) atoms. The number of carbonyl (C=O) groups is 1. The molecule has 1 N–H and O–H groups in total. The number of hydrogen-bond donors (Lipinski definition) is 1. The Balaban J connectivity index is 2.17. The zero-order valence-corrected chi connectivity index (χ0v) is 10.8. The monoisotopic (exact) mass is 259 g/mol. The first-order valence-electron chi connectivity index (χ1n) is 5.88. The van der Waals surface area contributed by atoms with Gasteiger partial charge in [0.25, 0.3) is 0 Å². The Morgan fingerprint density at radius 1 is 1.26 bits per heavy atom. The zero-order chi connectivity index (χ0) is 13.8. The number of halogens is 1. The summed E-state index contributed by atoms with van der Waals surface area (Å²) < 4.78 is 13.2. The number of nitrogens with one attached hydrogen (secondary N) is 1. The molecule has 0 fully saturated rings. The Morgan fingerprint density at radius 2 is 1.95 bits per heavy atom. The molecule has 2 aromatic rings. The van der Waals surface area contributed by atoms with E-state index in [2.05, 4.69) is 15.3 Å². The number of anilines is 1. The van der Waals surface area contributed by atoms with Gasteiger partial charge >= 0.3 is 0 Å². The predicted molar refractivity (Wildman–Crippen MR) is 71.3 cm³/mol. The van der Waals surface area contributed by atoms with Crippen molar-refractivity contribution in [3.05, 3.63) is 42.0 Å². The molecule has 0 bridgehead atoms. The number of hydrogen-bond acceptors (Lipinski definition) is 4. The van der Waals surface area contributed by atoms with E-state index in [9.17, 15) is 9.18 Å². The van der Waals surface area contributed by atoms with Crippen molar-refractivity contribution in [1.29, 1.82) is 0 Å². The molecule has 0 spiro atoms. The third kappa shape index (κ3) is 3.34. The number of nitrogens with zero attached hydrogens (tertiary/aromatic N) is 2. The number of aromatic nitrogens is 2. The van der Waals surface area contributed by atoms with Crippen molar-refractivity contribution >= 4 is 11.7 Å². The van der Waals surface area contributed by atoms with Crippen molar-refractivity contribution < 1.29 is 9.18 Å². The second-order valence-electron chi connectivity index (χ2n) is 4.31. The average molecular weight is 259 g/mol. The van der Waals surface area contributed by atoms with E-state index in [-0.39, 0.29) is 18.1 Å². The molecule has 0 amide bonds. The quantitative estimate of drug-likeness (QED) is 0.917. The first-order valence-corrected chi connectivity index (χ1v) is 5.88. The Bertz CT molecular complexity index is 596. The largest absolute Gasteiger partial charge is 0.347 e. The van der Waals surface area contributed by atoms with Crippen LogP contribution in [0.5, 0.6) is 0 Å².